The van der Waals surface area contributed by atoms with Gasteiger partial charge in [-0.1, -0.05) is 60.7 Å². The molecule has 4 rings (SSSR count). The monoisotopic (exact) mass is 403 g/mol. The van der Waals surface area contributed by atoms with E-state index in [0.29, 0.717) is 0 Å². The highest BCUT2D eigenvalue weighted by atomic mass is 16.5. The maximum atomic E-state index is 10.8. The van der Waals surface area contributed by atoms with Gasteiger partial charge in [-0.05, 0) is 19.8 Å². The molecule has 0 bridgehead atoms. The molecule has 0 spiro atoms. The molecule has 1 aliphatic rings. The number of ether oxygens (including phenoxy) is 1. The van der Waals surface area contributed by atoms with Gasteiger partial charge in [0.1, 0.15) is 12.4 Å². The quantitative estimate of drug-likeness (QED) is 0.662. The lowest BCUT2D eigenvalue weighted by molar-refractivity contribution is -0.144. The van der Waals surface area contributed by atoms with Crippen LogP contribution in [-0.2, 0) is 9.53 Å². The first kappa shape index (κ1) is 20.0. The summed E-state index contributed by atoms with van der Waals surface area (Å²) < 4.78 is 5.51. The van der Waals surface area contributed by atoms with Crippen molar-refractivity contribution in [3.63, 3.8) is 0 Å². The lowest BCUT2D eigenvalue weighted by Gasteiger charge is -2.38. The van der Waals surface area contributed by atoms with E-state index in [1.54, 1.807) is 0 Å². The van der Waals surface area contributed by atoms with Crippen molar-refractivity contribution in [1.29, 1.82) is 0 Å². The van der Waals surface area contributed by atoms with Crippen molar-refractivity contribution >= 4 is 11.8 Å². The number of carbonyl (C=O) groups is 1. The maximum absolute atomic E-state index is 10.8. The van der Waals surface area contributed by atoms with Crippen molar-refractivity contribution in [2.24, 2.45) is 0 Å². The lowest BCUT2D eigenvalue weighted by atomic mass is 10.0. The van der Waals surface area contributed by atoms with Crippen molar-refractivity contribution in [1.82, 2.24) is 9.97 Å². The van der Waals surface area contributed by atoms with Crippen LogP contribution in [0.5, 0.6) is 0 Å². The van der Waals surface area contributed by atoms with Crippen molar-refractivity contribution in [2.45, 2.75) is 31.9 Å². The second-order valence-electron chi connectivity index (χ2n) is 7.55. The Labute approximate surface area is 176 Å². The molecule has 154 valence electrons. The van der Waals surface area contributed by atoms with E-state index in [2.05, 4.69) is 24.0 Å². The van der Waals surface area contributed by atoms with E-state index < -0.39 is 5.97 Å². The van der Waals surface area contributed by atoms with E-state index in [4.69, 9.17) is 19.8 Å². The molecule has 2 aromatic carbocycles. The van der Waals surface area contributed by atoms with E-state index in [0.717, 1.165) is 47.7 Å². The fraction of sp³-hybridized carbons (Fsp3) is 0.292. The van der Waals surface area contributed by atoms with Crippen molar-refractivity contribution in [2.75, 3.05) is 18.1 Å². The van der Waals surface area contributed by atoms with Crippen LogP contribution in [0, 0.1) is 0 Å². The number of carboxylic acids is 1. The molecule has 0 unspecified atom stereocenters. The van der Waals surface area contributed by atoms with Crippen molar-refractivity contribution in [3.05, 3.63) is 66.9 Å². The Kier molecular flexibility index (Phi) is 6.05. The highest BCUT2D eigenvalue weighted by Crippen LogP contribution is 2.32. The first-order valence-electron chi connectivity index (χ1n) is 10.2. The Balaban J connectivity index is 1.63. The highest BCUT2D eigenvalue weighted by Gasteiger charge is 2.28. The van der Waals surface area contributed by atoms with Crippen LogP contribution in [0.25, 0.3) is 22.5 Å². The highest BCUT2D eigenvalue weighted by molar-refractivity contribution is 5.78. The smallest absolute Gasteiger partial charge is 0.329 e. The lowest BCUT2D eigenvalue weighted by Crippen LogP contribution is -2.44. The van der Waals surface area contributed by atoms with E-state index in [9.17, 15) is 4.79 Å². The number of aromatic nitrogens is 2. The van der Waals surface area contributed by atoms with Gasteiger partial charge in [0.05, 0.1) is 23.7 Å². The number of hydrogen-bond donors (Lipinski definition) is 1. The minimum Gasteiger partial charge on any atom is -0.480 e. The largest absolute Gasteiger partial charge is 0.480 e. The zero-order valence-corrected chi connectivity index (χ0v) is 16.9. The van der Waals surface area contributed by atoms with E-state index in [1.807, 2.05) is 54.7 Å². The van der Waals surface area contributed by atoms with Gasteiger partial charge in [0.25, 0.3) is 0 Å². The fourth-order valence-electron chi connectivity index (χ4n) is 3.93. The Morgan fingerprint density at radius 3 is 2.30 bits per heavy atom. The summed E-state index contributed by atoms with van der Waals surface area (Å²) in [7, 11) is 0. The number of benzene rings is 2. The Morgan fingerprint density at radius 2 is 1.70 bits per heavy atom. The van der Waals surface area contributed by atoms with Crippen LogP contribution >= 0.6 is 0 Å². The molecule has 0 saturated carbocycles. The number of aliphatic carboxylic acids is 1. The molecule has 1 fully saturated rings. The van der Waals surface area contributed by atoms with Gasteiger partial charge in [-0.2, -0.15) is 0 Å². The first-order chi connectivity index (χ1) is 14.6. The number of rotatable bonds is 6. The number of hydrogen-bond acceptors (Lipinski definition) is 5. The SMILES string of the molecule is C[C@H]1C[C@@H](OCC(=O)O)CCN1c1cnc(-c2ccccc2)c(-c2ccccc2)n1. The van der Waals surface area contributed by atoms with Crippen LogP contribution < -0.4 is 4.90 Å². The summed E-state index contributed by atoms with van der Waals surface area (Å²) in [4.78, 5) is 22.8. The van der Waals surface area contributed by atoms with Crippen LogP contribution in [-0.4, -0.2) is 46.3 Å². The summed E-state index contributed by atoms with van der Waals surface area (Å²) in [5.41, 5.74) is 3.77. The minimum absolute atomic E-state index is 0.0440. The summed E-state index contributed by atoms with van der Waals surface area (Å²) in [5.74, 6) is -0.0994. The molecule has 0 aliphatic carbocycles. The molecule has 6 nitrogen and oxygen atoms in total. The standard InChI is InChI=1S/C24H25N3O3/c1-17-14-20(30-16-22(28)29)12-13-27(17)21-15-25-23(18-8-4-2-5-9-18)24(26-21)19-10-6-3-7-11-19/h2-11,15,17,20H,12-14,16H2,1H3,(H,28,29)/t17-,20-/m0/s1. The molecular weight excluding hydrogens is 378 g/mol. The molecular formula is C24H25N3O3. The molecule has 6 heteroatoms. The first-order valence-corrected chi connectivity index (χ1v) is 10.2. The molecule has 2 heterocycles. The molecule has 30 heavy (non-hydrogen) atoms. The van der Waals surface area contributed by atoms with Gasteiger partial charge in [-0.15, -0.1) is 0 Å². The van der Waals surface area contributed by atoms with Crippen molar-refractivity contribution in [3.8, 4) is 22.5 Å². The third kappa shape index (κ3) is 4.49. The molecule has 1 aromatic heterocycles. The number of piperidine rings is 1. The van der Waals surface area contributed by atoms with Gasteiger partial charge in [0.2, 0.25) is 0 Å². The van der Waals surface area contributed by atoms with Gasteiger partial charge < -0.3 is 14.7 Å². The number of carboxylic acid groups (broad SMARTS) is 1. The summed E-state index contributed by atoms with van der Waals surface area (Å²) in [5, 5.41) is 8.85. The summed E-state index contributed by atoms with van der Waals surface area (Å²) >= 11 is 0. The molecule has 3 aromatic rings. The number of nitrogens with zero attached hydrogens (tertiary/aromatic N) is 3. The topological polar surface area (TPSA) is 75.6 Å². The zero-order chi connectivity index (χ0) is 20.9. The predicted octanol–water partition coefficient (Wildman–Crippen LogP) is 4.27. The summed E-state index contributed by atoms with van der Waals surface area (Å²) in [6.07, 6.45) is 3.32. The molecule has 2 atom stereocenters. The zero-order valence-electron chi connectivity index (χ0n) is 16.9. The Morgan fingerprint density at radius 1 is 1.07 bits per heavy atom. The second-order valence-corrected chi connectivity index (χ2v) is 7.55. The van der Waals surface area contributed by atoms with Gasteiger partial charge in [-0.25, -0.2) is 9.78 Å². The summed E-state index contributed by atoms with van der Waals surface area (Å²) in [6, 6.07) is 20.4. The molecule has 1 aliphatic heterocycles. The van der Waals surface area contributed by atoms with Gasteiger partial charge in [0, 0.05) is 23.7 Å². The van der Waals surface area contributed by atoms with E-state index >= 15 is 0 Å². The van der Waals surface area contributed by atoms with E-state index in [1.165, 1.54) is 0 Å². The van der Waals surface area contributed by atoms with Gasteiger partial charge >= 0.3 is 5.97 Å². The number of anilines is 1. The summed E-state index contributed by atoms with van der Waals surface area (Å²) in [6.45, 7) is 2.62. The van der Waals surface area contributed by atoms with Crippen LogP contribution in [0.4, 0.5) is 5.82 Å². The molecule has 1 saturated heterocycles. The van der Waals surface area contributed by atoms with Crippen molar-refractivity contribution < 1.29 is 14.6 Å². The van der Waals surface area contributed by atoms with Crippen LogP contribution in [0.1, 0.15) is 19.8 Å². The predicted molar refractivity (Wildman–Crippen MR) is 116 cm³/mol. The maximum Gasteiger partial charge on any atom is 0.329 e. The average molecular weight is 403 g/mol. The fourth-order valence-corrected chi connectivity index (χ4v) is 3.93. The third-order valence-electron chi connectivity index (χ3n) is 5.42. The van der Waals surface area contributed by atoms with Gasteiger partial charge in [-0.3, -0.25) is 4.98 Å². The van der Waals surface area contributed by atoms with Crippen LogP contribution in [0.3, 0.4) is 0 Å². The third-order valence-corrected chi connectivity index (χ3v) is 5.42. The van der Waals surface area contributed by atoms with Crippen LogP contribution in [0.2, 0.25) is 0 Å². The minimum atomic E-state index is -0.931. The molecule has 0 radical (unpaired) electrons. The molecule has 0 amide bonds. The second kappa shape index (κ2) is 9.05. The van der Waals surface area contributed by atoms with Gasteiger partial charge in [0.15, 0.2) is 0 Å². The van der Waals surface area contributed by atoms with Crippen LogP contribution in [0.15, 0.2) is 66.9 Å². The Bertz CT molecular complexity index is 995. The normalized spacial score (nSPS) is 18.9. The molecule has 1 N–H and O–H groups in total. The Hall–Kier alpha value is -3.25. The average Bonchev–Trinajstić information content (AvgIpc) is 2.78. The van der Waals surface area contributed by atoms with E-state index in [-0.39, 0.29) is 18.8 Å².